The molecule has 1 aliphatic heterocycles. The van der Waals surface area contributed by atoms with Gasteiger partial charge in [0.15, 0.2) is 11.6 Å². The van der Waals surface area contributed by atoms with Crippen LogP contribution < -0.4 is 10.1 Å². The van der Waals surface area contributed by atoms with Crippen LogP contribution in [0.5, 0.6) is 5.75 Å². The van der Waals surface area contributed by atoms with Crippen LogP contribution in [-0.4, -0.2) is 25.8 Å². The monoisotopic (exact) mass is 253 g/mol. The van der Waals surface area contributed by atoms with Crippen LogP contribution in [0.4, 0.5) is 4.39 Å². The first-order valence-corrected chi connectivity index (χ1v) is 6.22. The molecular weight excluding hydrogens is 233 g/mol. The maximum Gasteiger partial charge on any atom is 0.165 e. The number of halogens is 1. The maximum atomic E-state index is 13.7. The molecule has 1 unspecified atom stereocenters. The number of hydrogen-bond acceptors (Lipinski definition) is 3. The standard InChI is InChI=1S/C14H20FNO2/c1-14(2)6-7-18-13(9-16-14)10-4-5-12(17-3)11(15)8-10/h4-5,8,13,16H,6-7,9H2,1-3H3. The number of rotatable bonds is 2. The molecule has 0 aliphatic carbocycles. The molecule has 0 radical (unpaired) electrons. The van der Waals surface area contributed by atoms with Crippen molar-refractivity contribution in [3.63, 3.8) is 0 Å². The van der Waals surface area contributed by atoms with Crippen molar-refractivity contribution in [3.05, 3.63) is 29.6 Å². The zero-order chi connectivity index (χ0) is 13.2. The van der Waals surface area contributed by atoms with Crippen molar-refractivity contribution in [2.45, 2.75) is 31.9 Å². The Hall–Kier alpha value is -1.13. The van der Waals surface area contributed by atoms with Gasteiger partial charge in [0.25, 0.3) is 0 Å². The largest absolute Gasteiger partial charge is 0.494 e. The second-order valence-electron chi connectivity index (χ2n) is 5.27. The van der Waals surface area contributed by atoms with Crippen molar-refractivity contribution in [2.24, 2.45) is 0 Å². The van der Waals surface area contributed by atoms with Crippen molar-refractivity contribution >= 4 is 0 Å². The van der Waals surface area contributed by atoms with Gasteiger partial charge >= 0.3 is 0 Å². The van der Waals surface area contributed by atoms with Crippen LogP contribution >= 0.6 is 0 Å². The molecule has 1 aromatic carbocycles. The van der Waals surface area contributed by atoms with E-state index in [1.54, 1.807) is 6.07 Å². The molecule has 1 aromatic rings. The molecular formula is C14H20FNO2. The summed E-state index contributed by atoms with van der Waals surface area (Å²) in [7, 11) is 1.46. The summed E-state index contributed by atoms with van der Waals surface area (Å²) in [6.07, 6.45) is 0.842. The van der Waals surface area contributed by atoms with E-state index in [0.29, 0.717) is 13.2 Å². The lowest BCUT2D eigenvalue weighted by Crippen LogP contribution is -2.39. The van der Waals surface area contributed by atoms with Gasteiger partial charge in [0, 0.05) is 18.7 Å². The van der Waals surface area contributed by atoms with Gasteiger partial charge in [-0.15, -0.1) is 0 Å². The minimum absolute atomic E-state index is 0.0692. The van der Waals surface area contributed by atoms with Crippen molar-refractivity contribution < 1.29 is 13.9 Å². The average molecular weight is 253 g/mol. The predicted octanol–water partition coefficient (Wildman–Crippen LogP) is 2.66. The normalized spacial score (nSPS) is 23.4. The summed E-state index contributed by atoms with van der Waals surface area (Å²) in [4.78, 5) is 0. The van der Waals surface area contributed by atoms with Crippen LogP contribution in [0.25, 0.3) is 0 Å². The molecule has 0 amide bonds. The first-order valence-electron chi connectivity index (χ1n) is 6.22. The van der Waals surface area contributed by atoms with Crippen molar-refractivity contribution in [1.29, 1.82) is 0 Å². The molecule has 1 fully saturated rings. The summed E-state index contributed by atoms with van der Waals surface area (Å²) in [5, 5.41) is 3.44. The molecule has 0 aromatic heterocycles. The predicted molar refractivity (Wildman–Crippen MR) is 68.3 cm³/mol. The third kappa shape index (κ3) is 3.00. The Bertz CT molecular complexity index is 420. The fourth-order valence-corrected chi connectivity index (χ4v) is 2.07. The Labute approximate surface area is 107 Å². The first kappa shape index (κ1) is 13.3. The Morgan fingerprint density at radius 3 is 2.89 bits per heavy atom. The highest BCUT2D eigenvalue weighted by Crippen LogP contribution is 2.26. The van der Waals surface area contributed by atoms with Crippen molar-refractivity contribution in [2.75, 3.05) is 20.3 Å². The second-order valence-corrected chi connectivity index (χ2v) is 5.27. The van der Waals surface area contributed by atoms with Gasteiger partial charge < -0.3 is 14.8 Å². The Kier molecular flexibility index (Phi) is 3.88. The topological polar surface area (TPSA) is 30.5 Å². The summed E-state index contributed by atoms with van der Waals surface area (Å²) >= 11 is 0. The third-order valence-electron chi connectivity index (χ3n) is 3.36. The fraction of sp³-hybridized carbons (Fsp3) is 0.571. The molecule has 100 valence electrons. The third-order valence-corrected chi connectivity index (χ3v) is 3.36. The van der Waals surface area contributed by atoms with Gasteiger partial charge in [0.05, 0.1) is 13.2 Å². The number of ether oxygens (including phenoxy) is 2. The van der Waals surface area contributed by atoms with Gasteiger partial charge in [-0.2, -0.15) is 0 Å². The van der Waals surface area contributed by atoms with Gasteiger partial charge in [-0.3, -0.25) is 0 Å². The van der Waals surface area contributed by atoms with E-state index < -0.39 is 0 Å². The molecule has 1 saturated heterocycles. The molecule has 1 heterocycles. The van der Waals surface area contributed by atoms with Gasteiger partial charge in [-0.25, -0.2) is 4.39 Å². The highest BCUT2D eigenvalue weighted by Gasteiger charge is 2.25. The zero-order valence-corrected chi connectivity index (χ0v) is 11.1. The summed E-state index contributed by atoms with van der Waals surface area (Å²) < 4.78 is 24.4. The SMILES string of the molecule is COc1ccc(C2CNC(C)(C)CCO2)cc1F. The summed E-state index contributed by atoms with van der Waals surface area (Å²) in [6, 6.07) is 4.99. The molecule has 18 heavy (non-hydrogen) atoms. The molecule has 1 atom stereocenters. The van der Waals surface area contributed by atoms with E-state index >= 15 is 0 Å². The highest BCUT2D eigenvalue weighted by molar-refractivity contribution is 5.30. The fourth-order valence-electron chi connectivity index (χ4n) is 2.07. The molecule has 2 rings (SSSR count). The molecule has 1 N–H and O–H groups in total. The maximum absolute atomic E-state index is 13.7. The zero-order valence-electron chi connectivity index (χ0n) is 11.1. The lowest BCUT2D eigenvalue weighted by molar-refractivity contribution is 0.0653. The molecule has 0 saturated carbocycles. The lowest BCUT2D eigenvalue weighted by atomic mass is 10.0. The summed E-state index contributed by atoms with van der Waals surface area (Å²) in [6.45, 7) is 5.66. The highest BCUT2D eigenvalue weighted by atomic mass is 19.1. The Morgan fingerprint density at radius 2 is 2.22 bits per heavy atom. The van der Waals surface area contributed by atoms with Crippen molar-refractivity contribution in [1.82, 2.24) is 5.32 Å². The van der Waals surface area contributed by atoms with E-state index in [4.69, 9.17) is 9.47 Å². The lowest BCUT2D eigenvalue weighted by Gasteiger charge is -2.23. The van der Waals surface area contributed by atoms with E-state index in [0.717, 1.165) is 12.0 Å². The van der Waals surface area contributed by atoms with Crippen LogP contribution in [0, 0.1) is 5.82 Å². The number of benzene rings is 1. The first-order chi connectivity index (χ1) is 8.52. The minimum Gasteiger partial charge on any atom is -0.494 e. The van der Waals surface area contributed by atoms with Crippen LogP contribution in [0.15, 0.2) is 18.2 Å². The van der Waals surface area contributed by atoms with Gasteiger partial charge in [-0.1, -0.05) is 6.07 Å². The van der Waals surface area contributed by atoms with Gasteiger partial charge in [0.1, 0.15) is 0 Å². The summed E-state index contributed by atoms with van der Waals surface area (Å²) in [5.74, 6) is -0.0808. The molecule has 1 aliphatic rings. The van der Waals surface area contributed by atoms with Crippen LogP contribution in [0.2, 0.25) is 0 Å². The number of nitrogens with one attached hydrogen (secondary N) is 1. The van der Waals surface area contributed by atoms with E-state index in [2.05, 4.69) is 19.2 Å². The van der Waals surface area contributed by atoms with Crippen LogP contribution in [0.3, 0.4) is 0 Å². The van der Waals surface area contributed by atoms with E-state index in [-0.39, 0.29) is 23.2 Å². The smallest absolute Gasteiger partial charge is 0.165 e. The van der Waals surface area contributed by atoms with Gasteiger partial charge in [-0.05, 0) is 38.0 Å². The van der Waals surface area contributed by atoms with E-state index in [9.17, 15) is 4.39 Å². The second kappa shape index (κ2) is 5.24. The quantitative estimate of drug-likeness (QED) is 0.879. The number of hydrogen-bond donors (Lipinski definition) is 1. The Balaban J connectivity index is 2.14. The van der Waals surface area contributed by atoms with E-state index in [1.807, 2.05) is 6.07 Å². The Morgan fingerprint density at radius 1 is 1.44 bits per heavy atom. The minimum atomic E-state index is -0.345. The van der Waals surface area contributed by atoms with Crippen LogP contribution in [0.1, 0.15) is 31.9 Å². The molecule has 4 heteroatoms. The number of methoxy groups -OCH3 is 1. The molecule has 3 nitrogen and oxygen atoms in total. The van der Waals surface area contributed by atoms with Crippen molar-refractivity contribution in [3.8, 4) is 5.75 Å². The average Bonchev–Trinajstić information content (AvgIpc) is 2.50. The molecule has 0 spiro atoms. The van der Waals surface area contributed by atoms with E-state index in [1.165, 1.54) is 13.2 Å². The molecule has 0 bridgehead atoms. The van der Waals surface area contributed by atoms with Gasteiger partial charge in [0.2, 0.25) is 0 Å². The summed E-state index contributed by atoms with van der Waals surface area (Å²) in [5.41, 5.74) is 0.915. The van der Waals surface area contributed by atoms with Crippen LogP contribution in [-0.2, 0) is 4.74 Å².